The molecule has 0 spiro atoms. The second-order valence-corrected chi connectivity index (χ2v) is 5.61. The fourth-order valence-corrected chi connectivity index (χ4v) is 3.03. The highest BCUT2D eigenvalue weighted by molar-refractivity contribution is 5.35. The number of likely N-dealkylation sites (tertiary alicyclic amines) is 1. The van der Waals surface area contributed by atoms with Crippen LogP contribution in [-0.2, 0) is 0 Å². The number of benzene rings is 1. The number of nitrogens with two attached hydrogens (primary N) is 1. The molecular weight excluding hydrogens is 254 g/mol. The predicted molar refractivity (Wildman–Crippen MR) is 79.5 cm³/mol. The Morgan fingerprint density at radius 1 is 1.55 bits per heavy atom. The van der Waals surface area contributed by atoms with Crippen LogP contribution in [0.4, 0.5) is 5.69 Å². The van der Waals surface area contributed by atoms with E-state index in [1.165, 1.54) is 12.8 Å². The normalized spacial score (nSPS) is 21.6. The second kappa shape index (κ2) is 6.81. The first-order chi connectivity index (χ1) is 9.61. The van der Waals surface area contributed by atoms with E-state index in [9.17, 15) is 10.1 Å². The molecule has 2 atom stereocenters. The van der Waals surface area contributed by atoms with Crippen molar-refractivity contribution in [1.82, 2.24) is 4.90 Å². The number of hydrogen-bond donors (Lipinski definition) is 1. The Morgan fingerprint density at radius 3 is 3.05 bits per heavy atom. The van der Waals surface area contributed by atoms with Crippen molar-refractivity contribution in [1.29, 1.82) is 0 Å². The van der Waals surface area contributed by atoms with E-state index in [4.69, 9.17) is 5.73 Å². The lowest BCUT2D eigenvalue weighted by Crippen LogP contribution is -2.37. The lowest BCUT2D eigenvalue weighted by atomic mass is 9.93. The Kier molecular flexibility index (Phi) is 5.09. The van der Waals surface area contributed by atoms with E-state index in [0.29, 0.717) is 5.92 Å². The summed E-state index contributed by atoms with van der Waals surface area (Å²) >= 11 is 0. The summed E-state index contributed by atoms with van der Waals surface area (Å²) in [6.45, 7) is 4.97. The molecule has 2 unspecified atom stereocenters. The molecule has 1 aromatic rings. The van der Waals surface area contributed by atoms with E-state index in [0.717, 1.165) is 31.6 Å². The second-order valence-electron chi connectivity index (χ2n) is 5.61. The summed E-state index contributed by atoms with van der Waals surface area (Å²) in [5.74, 6) is 0.662. The average Bonchev–Trinajstić information content (AvgIpc) is 2.47. The standard InChI is InChI=1S/C15H23N3O2/c1-12(14-5-2-6-15(10-14)18(19)20)17-9-3-4-13(11-17)7-8-16/h2,5-6,10,12-13H,3-4,7-9,11,16H2,1H3. The van der Waals surface area contributed by atoms with E-state index in [2.05, 4.69) is 11.8 Å². The third-order valence-electron chi connectivity index (χ3n) is 4.24. The summed E-state index contributed by atoms with van der Waals surface area (Å²) in [4.78, 5) is 13.0. The average molecular weight is 277 g/mol. The molecule has 0 bridgehead atoms. The molecule has 0 saturated carbocycles. The molecule has 1 aliphatic heterocycles. The zero-order chi connectivity index (χ0) is 14.5. The summed E-state index contributed by atoms with van der Waals surface area (Å²) in [7, 11) is 0. The van der Waals surface area contributed by atoms with Gasteiger partial charge in [0.05, 0.1) is 4.92 Å². The van der Waals surface area contributed by atoms with Crippen molar-refractivity contribution in [2.45, 2.75) is 32.2 Å². The van der Waals surface area contributed by atoms with Crippen LogP contribution in [0.3, 0.4) is 0 Å². The zero-order valence-corrected chi connectivity index (χ0v) is 12.0. The number of non-ortho nitro benzene ring substituents is 1. The van der Waals surface area contributed by atoms with Gasteiger partial charge in [-0.05, 0) is 50.8 Å². The molecule has 1 saturated heterocycles. The van der Waals surface area contributed by atoms with Gasteiger partial charge >= 0.3 is 0 Å². The number of nitro benzene ring substituents is 1. The van der Waals surface area contributed by atoms with Crippen molar-refractivity contribution < 1.29 is 4.92 Å². The van der Waals surface area contributed by atoms with Gasteiger partial charge in [0.2, 0.25) is 0 Å². The van der Waals surface area contributed by atoms with Gasteiger partial charge in [0.25, 0.3) is 5.69 Å². The van der Waals surface area contributed by atoms with Crippen LogP contribution < -0.4 is 5.73 Å². The van der Waals surface area contributed by atoms with Crippen molar-refractivity contribution in [3.8, 4) is 0 Å². The highest BCUT2D eigenvalue weighted by atomic mass is 16.6. The van der Waals surface area contributed by atoms with E-state index in [1.54, 1.807) is 18.2 Å². The Morgan fingerprint density at radius 2 is 2.35 bits per heavy atom. The maximum absolute atomic E-state index is 10.9. The molecule has 0 amide bonds. The lowest BCUT2D eigenvalue weighted by molar-refractivity contribution is -0.385. The van der Waals surface area contributed by atoms with Gasteiger partial charge in [-0.2, -0.15) is 0 Å². The van der Waals surface area contributed by atoms with Crippen molar-refractivity contribution in [3.63, 3.8) is 0 Å². The molecule has 110 valence electrons. The fraction of sp³-hybridized carbons (Fsp3) is 0.600. The molecular formula is C15H23N3O2. The minimum atomic E-state index is -0.330. The molecule has 1 heterocycles. The quantitative estimate of drug-likeness (QED) is 0.663. The van der Waals surface area contributed by atoms with Gasteiger partial charge in [-0.15, -0.1) is 0 Å². The van der Waals surface area contributed by atoms with E-state index < -0.39 is 0 Å². The molecule has 2 N–H and O–H groups in total. The van der Waals surface area contributed by atoms with Crippen LogP contribution in [0.1, 0.15) is 37.8 Å². The first-order valence-electron chi connectivity index (χ1n) is 7.30. The number of nitrogens with zero attached hydrogens (tertiary/aromatic N) is 2. The van der Waals surface area contributed by atoms with Crippen LogP contribution in [0.25, 0.3) is 0 Å². The first-order valence-corrected chi connectivity index (χ1v) is 7.30. The zero-order valence-electron chi connectivity index (χ0n) is 12.0. The van der Waals surface area contributed by atoms with Gasteiger partial charge < -0.3 is 5.73 Å². The minimum absolute atomic E-state index is 0.171. The van der Waals surface area contributed by atoms with Crippen LogP contribution in [0.5, 0.6) is 0 Å². The topological polar surface area (TPSA) is 72.4 Å². The number of nitro groups is 1. The predicted octanol–water partition coefficient (Wildman–Crippen LogP) is 2.72. The minimum Gasteiger partial charge on any atom is -0.330 e. The van der Waals surface area contributed by atoms with E-state index >= 15 is 0 Å². The van der Waals surface area contributed by atoms with Gasteiger partial charge in [-0.25, -0.2) is 0 Å². The third-order valence-corrected chi connectivity index (χ3v) is 4.24. The Labute approximate surface area is 119 Å². The van der Waals surface area contributed by atoms with Crippen molar-refractivity contribution >= 4 is 5.69 Å². The maximum atomic E-state index is 10.9. The third kappa shape index (κ3) is 3.55. The lowest BCUT2D eigenvalue weighted by Gasteiger charge is -2.37. The number of rotatable bonds is 5. The summed E-state index contributed by atoms with van der Waals surface area (Å²) in [5, 5.41) is 10.9. The molecule has 0 aliphatic carbocycles. The van der Waals surface area contributed by atoms with Crippen LogP contribution in [-0.4, -0.2) is 29.5 Å². The highest BCUT2D eigenvalue weighted by Crippen LogP contribution is 2.29. The molecule has 5 heteroatoms. The molecule has 0 radical (unpaired) electrons. The largest absolute Gasteiger partial charge is 0.330 e. The smallest absolute Gasteiger partial charge is 0.269 e. The number of piperidine rings is 1. The molecule has 1 aromatic carbocycles. The molecule has 2 rings (SSSR count). The molecule has 0 aromatic heterocycles. The highest BCUT2D eigenvalue weighted by Gasteiger charge is 2.24. The molecule has 1 fully saturated rings. The van der Waals surface area contributed by atoms with Crippen LogP contribution in [0.15, 0.2) is 24.3 Å². The van der Waals surface area contributed by atoms with Crippen LogP contribution >= 0.6 is 0 Å². The monoisotopic (exact) mass is 277 g/mol. The number of hydrogen-bond acceptors (Lipinski definition) is 4. The van der Waals surface area contributed by atoms with Crippen molar-refractivity contribution in [2.75, 3.05) is 19.6 Å². The Hall–Kier alpha value is -1.46. The van der Waals surface area contributed by atoms with Gasteiger partial charge in [0, 0.05) is 24.7 Å². The summed E-state index contributed by atoms with van der Waals surface area (Å²) in [6.07, 6.45) is 3.50. The van der Waals surface area contributed by atoms with Crippen LogP contribution in [0, 0.1) is 16.0 Å². The van der Waals surface area contributed by atoms with Gasteiger partial charge in [-0.3, -0.25) is 15.0 Å². The van der Waals surface area contributed by atoms with Gasteiger partial charge in [0.15, 0.2) is 0 Å². The van der Waals surface area contributed by atoms with Crippen molar-refractivity contribution in [3.05, 3.63) is 39.9 Å². The SMILES string of the molecule is CC(c1cccc([N+](=O)[O-])c1)N1CCCC(CCN)C1. The van der Waals surface area contributed by atoms with Gasteiger partial charge in [-0.1, -0.05) is 12.1 Å². The Bertz CT molecular complexity index is 462. The fourth-order valence-electron chi connectivity index (χ4n) is 3.03. The maximum Gasteiger partial charge on any atom is 0.269 e. The van der Waals surface area contributed by atoms with E-state index in [1.807, 2.05) is 6.07 Å². The molecule has 20 heavy (non-hydrogen) atoms. The van der Waals surface area contributed by atoms with Crippen LogP contribution in [0.2, 0.25) is 0 Å². The van der Waals surface area contributed by atoms with Gasteiger partial charge in [0.1, 0.15) is 0 Å². The molecule has 1 aliphatic rings. The summed E-state index contributed by atoms with van der Waals surface area (Å²) in [6, 6.07) is 7.20. The first kappa shape index (κ1) is 14.9. The van der Waals surface area contributed by atoms with E-state index in [-0.39, 0.29) is 16.7 Å². The Balaban J connectivity index is 2.08. The molecule has 5 nitrogen and oxygen atoms in total. The summed E-state index contributed by atoms with van der Waals surface area (Å²) in [5.41, 5.74) is 6.84. The summed E-state index contributed by atoms with van der Waals surface area (Å²) < 4.78 is 0. The van der Waals surface area contributed by atoms with Crippen molar-refractivity contribution in [2.24, 2.45) is 11.7 Å².